The normalized spacial score (nSPS) is 25.1. The smallest absolute Gasteiger partial charge is 0.339 e. The topological polar surface area (TPSA) is 49.8 Å². The molecule has 1 aromatic rings. The van der Waals surface area contributed by atoms with Gasteiger partial charge in [0, 0.05) is 6.04 Å². The highest BCUT2D eigenvalue weighted by Crippen LogP contribution is 2.40. The molecule has 0 bridgehead atoms. The van der Waals surface area contributed by atoms with Gasteiger partial charge in [0.15, 0.2) is 5.75 Å². The number of carboxylic acid groups (broad SMARTS) is 1. The first-order chi connectivity index (χ1) is 10.2. The number of carboxylic acids is 1. The van der Waals surface area contributed by atoms with Crippen molar-refractivity contribution in [2.45, 2.75) is 45.1 Å². The molecule has 4 heteroatoms. The summed E-state index contributed by atoms with van der Waals surface area (Å²) in [7, 11) is 0. The van der Waals surface area contributed by atoms with Gasteiger partial charge in [0.1, 0.15) is 12.2 Å². The summed E-state index contributed by atoms with van der Waals surface area (Å²) in [5.74, 6) is 0.347. The van der Waals surface area contributed by atoms with Crippen LogP contribution in [0, 0.1) is 5.92 Å². The lowest BCUT2D eigenvalue weighted by Crippen LogP contribution is -2.46. The van der Waals surface area contributed by atoms with Crippen LogP contribution in [0.5, 0.6) is 5.75 Å². The first kappa shape index (κ1) is 14.2. The highest BCUT2D eigenvalue weighted by atomic mass is 16.5. The van der Waals surface area contributed by atoms with Crippen LogP contribution >= 0.6 is 0 Å². The van der Waals surface area contributed by atoms with E-state index in [9.17, 15) is 9.90 Å². The Bertz CT molecular complexity index is 529. The summed E-state index contributed by atoms with van der Waals surface area (Å²) in [6.45, 7) is 3.69. The van der Waals surface area contributed by atoms with Crippen LogP contribution in [0.25, 0.3) is 0 Å². The van der Waals surface area contributed by atoms with Crippen LogP contribution in [0.1, 0.15) is 49.4 Å². The quantitative estimate of drug-likeness (QED) is 0.924. The molecular weight excluding hydrogens is 266 g/mol. The van der Waals surface area contributed by atoms with Gasteiger partial charge in [-0.15, -0.1) is 0 Å². The number of ether oxygens (including phenoxy) is 1. The number of hydrogen-bond acceptors (Lipinski definition) is 3. The van der Waals surface area contributed by atoms with Gasteiger partial charge in [-0.2, -0.15) is 0 Å². The van der Waals surface area contributed by atoms with Crippen molar-refractivity contribution in [2.24, 2.45) is 5.92 Å². The Morgan fingerprint density at radius 3 is 2.95 bits per heavy atom. The van der Waals surface area contributed by atoms with Crippen LogP contribution in [-0.2, 0) is 0 Å². The molecule has 1 N–H and O–H groups in total. The van der Waals surface area contributed by atoms with Crippen molar-refractivity contribution in [1.29, 1.82) is 0 Å². The Morgan fingerprint density at radius 1 is 1.38 bits per heavy atom. The lowest BCUT2D eigenvalue weighted by Gasteiger charge is -2.43. The second-order valence-corrected chi connectivity index (χ2v) is 6.02. The first-order valence-corrected chi connectivity index (χ1v) is 7.98. The molecule has 2 aliphatic rings. The van der Waals surface area contributed by atoms with E-state index in [4.69, 9.17) is 4.74 Å². The Balaban J connectivity index is 1.96. The van der Waals surface area contributed by atoms with Crippen molar-refractivity contribution in [3.8, 4) is 5.75 Å². The number of carbonyl (C=O) groups is 1. The second kappa shape index (κ2) is 5.96. The van der Waals surface area contributed by atoms with Crippen LogP contribution in [-0.4, -0.2) is 30.3 Å². The van der Waals surface area contributed by atoms with Gasteiger partial charge in [0.05, 0.1) is 12.2 Å². The van der Waals surface area contributed by atoms with Crippen molar-refractivity contribution >= 4 is 11.7 Å². The lowest BCUT2D eigenvalue weighted by molar-refractivity contribution is 0.0691. The molecule has 1 aliphatic carbocycles. The van der Waals surface area contributed by atoms with Crippen LogP contribution in [0.4, 0.5) is 5.69 Å². The van der Waals surface area contributed by atoms with E-state index in [2.05, 4.69) is 11.8 Å². The number of rotatable bonds is 3. The van der Waals surface area contributed by atoms with Gasteiger partial charge in [0.2, 0.25) is 0 Å². The van der Waals surface area contributed by atoms with Gasteiger partial charge in [-0.1, -0.05) is 32.3 Å². The van der Waals surface area contributed by atoms with Gasteiger partial charge < -0.3 is 14.7 Å². The summed E-state index contributed by atoms with van der Waals surface area (Å²) >= 11 is 0. The van der Waals surface area contributed by atoms with Gasteiger partial charge in [0.25, 0.3) is 0 Å². The molecule has 2 unspecified atom stereocenters. The molecule has 0 saturated heterocycles. The zero-order valence-corrected chi connectivity index (χ0v) is 12.5. The SMILES string of the molecule is CCC1CCCCC1N1CCOc2c(C(=O)O)cccc21. The monoisotopic (exact) mass is 289 g/mol. The largest absolute Gasteiger partial charge is 0.489 e. The first-order valence-electron chi connectivity index (χ1n) is 7.98. The van der Waals surface area contributed by atoms with Crippen molar-refractivity contribution in [1.82, 2.24) is 0 Å². The van der Waals surface area contributed by atoms with E-state index in [-0.39, 0.29) is 5.56 Å². The third-order valence-corrected chi connectivity index (χ3v) is 4.91. The van der Waals surface area contributed by atoms with Crippen molar-refractivity contribution in [2.75, 3.05) is 18.1 Å². The van der Waals surface area contributed by atoms with Crippen molar-refractivity contribution in [3.05, 3.63) is 23.8 Å². The number of nitrogens with zero attached hydrogens (tertiary/aromatic N) is 1. The molecule has 21 heavy (non-hydrogen) atoms. The Morgan fingerprint density at radius 2 is 2.19 bits per heavy atom. The molecule has 3 rings (SSSR count). The number of para-hydroxylation sites is 1. The molecule has 1 saturated carbocycles. The fourth-order valence-corrected chi connectivity index (χ4v) is 3.86. The Hall–Kier alpha value is -1.71. The maximum absolute atomic E-state index is 11.4. The molecule has 1 aromatic carbocycles. The number of hydrogen-bond donors (Lipinski definition) is 1. The maximum atomic E-state index is 11.4. The highest BCUT2D eigenvalue weighted by molar-refractivity contribution is 5.93. The molecule has 1 heterocycles. The van der Waals surface area contributed by atoms with Crippen LogP contribution in [0.3, 0.4) is 0 Å². The maximum Gasteiger partial charge on any atom is 0.339 e. The predicted octanol–water partition coefficient (Wildman–Crippen LogP) is 3.55. The van der Waals surface area contributed by atoms with Crippen molar-refractivity contribution < 1.29 is 14.6 Å². The summed E-state index contributed by atoms with van der Waals surface area (Å²) in [6.07, 6.45) is 6.27. The molecule has 1 fully saturated rings. The van der Waals surface area contributed by atoms with Crippen LogP contribution < -0.4 is 9.64 Å². The van der Waals surface area contributed by atoms with E-state index in [1.54, 1.807) is 6.07 Å². The highest BCUT2D eigenvalue weighted by Gasteiger charge is 2.33. The average Bonchev–Trinajstić information content (AvgIpc) is 2.53. The van der Waals surface area contributed by atoms with E-state index in [1.807, 2.05) is 12.1 Å². The minimum absolute atomic E-state index is 0.279. The summed E-state index contributed by atoms with van der Waals surface area (Å²) < 4.78 is 5.68. The summed E-state index contributed by atoms with van der Waals surface area (Å²) in [6, 6.07) is 5.98. The zero-order chi connectivity index (χ0) is 14.8. The second-order valence-electron chi connectivity index (χ2n) is 6.02. The minimum Gasteiger partial charge on any atom is -0.489 e. The molecule has 2 atom stereocenters. The summed E-state index contributed by atoms with van der Waals surface area (Å²) in [5, 5.41) is 9.34. The van der Waals surface area contributed by atoms with Crippen LogP contribution in [0.2, 0.25) is 0 Å². The third-order valence-electron chi connectivity index (χ3n) is 4.91. The van der Waals surface area contributed by atoms with E-state index in [0.29, 0.717) is 24.3 Å². The predicted molar refractivity (Wildman–Crippen MR) is 82.3 cm³/mol. The van der Waals surface area contributed by atoms with E-state index < -0.39 is 5.97 Å². The Labute approximate surface area is 125 Å². The molecule has 4 nitrogen and oxygen atoms in total. The molecule has 0 aromatic heterocycles. The molecule has 0 amide bonds. The van der Waals surface area contributed by atoms with Gasteiger partial charge in [-0.05, 0) is 30.9 Å². The average molecular weight is 289 g/mol. The van der Waals surface area contributed by atoms with E-state index in [0.717, 1.165) is 12.2 Å². The number of fused-ring (bicyclic) bond motifs is 1. The zero-order valence-electron chi connectivity index (χ0n) is 12.5. The van der Waals surface area contributed by atoms with Gasteiger partial charge in [-0.3, -0.25) is 0 Å². The molecule has 114 valence electrons. The fraction of sp³-hybridized carbons (Fsp3) is 0.588. The van der Waals surface area contributed by atoms with Gasteiger partial charge in [-0.25, -0.2) is 4.79 Å². The lowest BCUT2D eigenvalue weighted by atomic mass is 9.81. The third kappa shape index (κ3) is 2.59. The fourth-order valence-electron chi connectivity index (χ4n) is 3.86. The van der Waals surface area contributed by atoms with E-state index >= 15 is 0 Å². The van der Waals surface area contributed by atoms with Crippen molar-refractivity contribution in [3.63, 3.8) is 0 Å². The number of anilines is 1. The summed E-state index contributed by atoms with van der Waals surface area (Å²) in [4.78, 5) is 13.8. The standard InChI is InChI=1S/C17H23NO3/c1-2-12-6-3-4-8-14(12)18-10-11-21-16-13(17(19)20)7-5-9-15(16)18/h5,7,9,12,14H,2-4,6,8,10-11H2,1H3,(H,19,20). The molecule has 1 aliphatic heterocycles. The van der Waals surface area contributed by atoms with Crippen LogP contribution in [0.15, 0.2) is 18.2 Å². The number of benzene rings is 1. The molecule has 0 spiro atoms. The van der Waals surface area contributed by atoms with E-state index in [1.165, 1.54) is 32.1 Å². The molecule has 0 radical (unpaired) electrons. The summed E-state index contributed by atoms with van der Waals surface area (Å²) in [5.41, 5.74) is 1.24. The van der Waals surface area contributed by atoms with Gasteiger partial charge >= 0.3 is 5.97 Å². The minimum atomic E-state index is -0.913. The molecular formula is C17H23NO3. The Kier molecular flexibility index (Phi) is 4.04. The number of aromatic carboxylic acids is 1.